The number of nitrogens with zero attached hydrogens (tertiary/aromatic N) is 1. The van der Waals surface area contributed by atoms with Gasteiger partial charge in [0.15, 0.2) is 0 Å². The number of hydrogen-bond acceptors (Lipinski definition) is 3. The van der Waals surface area contributed by atoms with Crippen molar-refractivity contribution in [3.8, 4) is 10.6 Å². The van der Waals surface area contributed by atoms with Crippen LogP contribution in [0.1, 0.15) is 27.0 Å². The first kappa shape index (κ1) is 17.4. The van der Waals surface area contributed by atoms with Gasteiger partial charge >= 0.3 is 0 Å². The highest BCUT2D eigenvalue weighted by atomic mass is 32.1. The Morgan fingerprint density at radius 1 is 0.963 bits per heavy atom. The number of amides is 1. The van der Waals surface area contributed by atoms with Gasteiger partial charge in [-0.25, -0.2) is 4.98 Å². The van der Waals surface area contributed by atoms with Crippen molar-refractivity contribution < 1.29 is 4.79 Å². The van der Waals surface area contributed by atoms with E-state index in [2.05, 4.69) is 23.5 Å². The lowest BCUT2D eigenvalue weighted by atomic mass is 10.1. The maximum absolute atomic E-state index is 12.3. The van der Waals surface area contributed by atoms with Gasteiger partial charge < -0.3 is 5.32 Å². The summed E-state index contributed by atoms with van der Waals surface area (Å²) >= 11 is 1.69. The molecule has 1 heterocycles. The molecule has 0 saturated carbocycles. The average molecular weight is 372 g/mol. The van der Waals surface area contributed by atoms with E-state index < -0.39 is 0 Å². The van der Waals surface area contributed by atoms with E-state index in [1.54, 1.807) is 11.3 Å². The molecule has 0 spiro atoms. The summed E-state index contributed by atoms with van der Waals surface area (Å²) in [5.41, 5.74) is 6.21. The standard InChI is InChI=1S/C23H20N2OS/c1-15-7-10-19(13-16(15)2)22(26)24-14-17-8-11-18(12-9-17)23-25-20-5-3-4-6-21(20)27-23/h3-13H,14H2,1-2H3,(H,24,26). The Bertz CT molecular complexity index is 1080. The Morgan fingerprint density at radius 3 is 2.48 bits per heavy atom. The lowest BCUT2D eigenvalue weighted by Gasteiger charge is -2.08. The summed E-state index contributed by atoms with van der Waals surface area (Å²) in [5, 5.41) is 4.01. The molecule has 0 fully saturated rings. The minimum Gasteiger partial charge on any atom is -0.348 e. The van der Waals surface area contributed by atoms with Crippen LogP contribution >= 0.6 is 11.3 Å². The van der Waals surface area contributed by atoms with Crippen molar-refractivity contribution in [2.75, 3.05) is 0 Å². The van der Waals surface area contributed by atoms with E-state index in [1.165, 1.54) is 10.3 Å². The zero-order valence-electron chi connectivity index (χ0n) is 15.3. The highest BCUT2D eigenvalue weighted by Crippen LogP contribution is 2.30. The van der Waals surface area contributed by atoms with Crippen LogP contribution in [0.5, 0.6) is 0 Å². The Hall–Kier alpha value is -2.98. The second-order valence-corrected chi connectivity index (χ2v) is 7.70. The highest BCUT2D eigenvalue weighted by Gasteiger charge is 2.08. The summed E-state index contributed by atoms with van der Waals surface area (Å²) in [4.78, 5) is 17.0. The molecular formula is C23H20N2OS. The third kappa shape index (κ3) is 3.76. The Kier molecular flexibility index (Phi) is 4.73. The Morgan fingerprint density at radius 2 is 1.74 bits per heavy atom. The number of aromatic nitrogens is 1. The fourth-order valence-electron chi connectivity index (χ4n) is 2.93. The monoisotopic (exact) mass is 372 g/mol. The number of carbonyl (C=O) groups excluding carboxylic acids is 1. The summed E-state index contributed by atoms with van der Waals surface area (Å²) in [6.45, 7) is 4.57. The molecule has 0 aliphatic carbocycles. The molecule has 3 aromatic carbocycles. The number of rotatable bonds is 4. The summed E-state index contributed by atoms with van der Waals surface area (Å²) in [7, 11) is 0. The molecule has 27 heavy (non-hydrogen) atoms. The van der Waals surface area contributed by atoms with Crippen LogP contribution in [0.25, 0.3) is 20.8 Å². The van der Waals surface area contributed by atoms with Crippen LogP contribution in [0.3, 0.4) is 0 Å². The zero-order valence-corrected chi connectivity index (χ0v) is 16.1. The van der Waals surface area contributed by atoms with Crippen LogP contribution in [0, 0.1) is 13.8 Å². The van der Waals surface area contributed by atoms with E-state index in [0.29, 0.717) is 12.1 Å². The number of nitrogens with one attached hydrogen (secondary N) is 1. The van der Waals surface area contributed by atoms with E-state index >= 15 is 0 Å². The number of hydrogen-bond donors (Lipinski definition) is 1. The number of carbonyl (C=O) groups is 1. The second-order valence-electron chi connectivity index (χ2n) is 6.67. The van der Waals surface area contributed by atoms with E-state index in [-0.39, 0.29) is 5.91 Å². The van der Waals surface area contributed by atoms with Crippen molar-refractivity contribution in [3.63, 3.8) is 0 Å². The third-order valence-electron chi connectivity index (χ3n) is 4.72. The van der Waals surface area contributed by atoms with E-state index in [1.807, 2.05) is 62.4 Å². The molecule has 3 nitrogen and oxygen atoms in total. The minimum atomic E-state index is -0.0478. The Balaban J connectivity index is 1.44. The molecule has 1 aromatic heterocycles. The highest BCUT2D eigenvalue weighted by molar-refractivity contribution is 7.21. The number of benzene rings is 3. The maximum atomic E-state index is 12.3. The first-order valence-corrected chi connectivity index (χ1v) is 9.72. The predicted octanol–water partition coefficient (Wildman–Crippen LogP) is 5.51. The summed E-state index contributed by atoms with van der Waals surface area (Å²) in [5.74, 6) is -0.0478. The molecule has 0 radical (unpaired) electrons. The van der Waals surface area contributed by atoms with Crippen LogP contribution in [-0.2, 0) is 6.54 Å². The molecule has 0 aliphatic rings. The maximum Gasteiger partial charge on any atom is 0.251 e. The van der Waals surface area contributed by atoms with Gasteiger partial charge in [-0.2, -0.15) is 0 Å². The summed E-state index contributed by atoms with van der Waals surface area (Å²) < 4.78 is 1.19. The molecule has 134 valence electrons. The van der Waals surface area contributed by atoms with Crippen LogP contribution in [-0.4, -0.2) is 10.9 Å². The van der Waals surface area contributed by atoms with Crippen molar-refractivity contribution >= 4 is 27.5 Å². The van der Waals surface area contributed by atoms with Gasteiger partial charge in [-0.1, -0.05) is 42.5 Å². The van der Waals surface area contributed by atoms with Crippen LogP contribution < -0.4 is 5.32 Å². The topological polar surface area (TPSA) is 42.0 Å². The fourth-order valence-corrected chi connectivity index (χ4v) is 3.90. The van der Waals surface area contributed by atoms with E-state index in [0.717, 1.165) is 27.2 Å². The van der Waals surface area contributed by atoms with Gasteiger partial charge in [-0.05, 0) is 54.8 Å². The SMILES string of the molecule is Cc1ccc(C(=O)NCc2ccc(-c3nc4ccccc4s3)cc2)cc1C. The molecule has 0 bridgehead atoms. The van der Waals surface area contributed by atoms with E-state index in [4.69, 9.17) is 4.98 Å². The molecule has 0 aliphatic heterocycles. The summed E-state index contributed by atoms with van der Waals surface area (Å²) in [6, 6.07) is 22.2. The molecule has 4 aromatic rings. The smallest absolute Gasteiger partial charge is 0.251 e. The van der Waals surface area contributed by atoms with Gasteiger partial charge in [0.1, 0.15) is 5.01 Å². The first-order valence-electron chi connectivity index (χ1n) is 8.90. The van der Waals surface area contributed by atoms with Gasteiger partial charge in [0, 0.05) is 17.7 Å². The molecule has 4 rings (SSSR count). The van der Waals surface area contributed by atoms with Gasteiger partial charge in [0.25, 0.3) is 5.91 Å². The largest absolute Gasteiger partial charge is 0.348 e. The van der Waals surface area contributed by atoms with Crippen molar-refractivity contribution in [3.05, 3.63) is 89.0 Å². The third-order valence-corrected chi connectivity index (χ3v) is 5.80. The molecule has 0 unspecified atom stereocenters. The minimum absolute atomic E-state index is 0.0478. The van der Waals surface area contributed by atoms with Crippen LogP contribution in [0.4, 0.5) is 0 Å². The number of para-hydroxylation sites is 1. The van der Waals surface area contributed by atoms with Crippen molar-refractivity contribution in [1.82, 2.24) is 10.3 Å². The fraction of sp³-hybridized carbons (Fsp3) is 0.130. The summed E-state index contributed by atoms with van der Waals surface area (Å²) in [6.07, 6.45) is 0. The van der Waals surface area contributed by atoms with Gasteiger partial charge in [-0.3, -0.25) is 4.79 Å². The van der Waals surface area contributed by atoms with Gasteiger partial charge in [0.05, 0.1) is 10.2 Å². The molecular weight excluding hydrogens is 352 g/mol. The normalized spacial score (nSPS) is 10.9. The van der Waals surface area contributed by atoms with Crippen molar-refractivity contribution in [2.24, 2.45) is 0 Å². The van der Waals surface area contributed by atoms with Gasteiger partial charge in [-0.15, -0.1) is 11.3 Å². The van der Waals surface area contributed by atoms with Crippen LogP contribution in [0.15, 0.2) is 66.7 Å². The quantitative estimate of drug-likeness (QED) is 0.513. The molecule has 1 amide bonds. The van der Waals surface area contributed by atoms with Crippen molar-refractivity contribution in [1.29, 1.82) is 0 Å². The molecule has 0 saturated heterocycles. The second kappa shape index (κ2) is 7.33. The lowest BCUT2D eigenvalue weighted by molar-refractivity contribution is 0.0951. The molecule has 4 heteroatoms. The average Bonchev–Trinajstić information content (AvgIpc) is 3.13. The predicted molar refractivity (Wildman–Crippen MR) is 112 cm³/mol. The van der Waals surface area contributed by atoms with Gasteiger partial charge in [0.2, 0.25) is 0 Å². The van der Waals surface area contributed by atoms with E-state index in [9.17, 15) is 4.79 Å². The van der Waals surface area contributed by atoms with Crippen molar-refractivity contribution in [2.45, 2.75) is 20.4 Å². The number of fused-ring (bicyclic) bond motifs is 1. The Labute approximate surface area is 162 Å². The molecule has 0 atom stereocenters. The number of thiazole rings is 1. The molecule has 1 N–H and O–H groups in total. The van der Waals surface area contributed by atoms with Crippen LogP contribution in [0.2, 0.25) is 0 Å². The first-order chi connectivity index (χ1) is 13.1. The number of aryl methyl sites for hydroxylation is 2. The lowest BCUT2D eigenvalue weighted by Crippen LogP contribution is -2.22. The zero-order chi connectivity index (χ0) is 18.8.